The highest BCUT2D eigenvalue weighted by atomic mass is 127. The van der Waals surface area contributed by atoms with E-state index in [0.717, 1.165) is 37.4 Å². The number of hydrogen-bond donors (Lipinski definition) is 1. The molecule has 3 aliphatic rings. The second-order valence-electron chi connectivity index (χ2n) is 6.48. The summed E-state index contributed by atoms with van der Waals surface area (Å²) in [6, 6.07) is 0. The summed E-state index contributed by atoms with van der Waals surface area (Å²) < 4.78 is 0. The molecule has 3 fully saturated rings. The van der Waals surface area contributed by atoms with Crippen LogP contribution in [0.1, 0.15) is 45.4 Å². The molecule has 4 heteroatoms. The van der Waals surface area contributed by atoms with Crippen molar-refractivity contribution in [3.05, 3.63) is 0 Å². The predicted octanol–water partition coefficient (Wildman–Crippen LogP) is 2.84. The topological polar surface area (TPSA) is 41.6 Å². The number of rotatable bonds is 3. The van der Waals surface area contributed by atoms with Crippen LogP contribution in [0.25, 0.3) is 0 Å². The highest BCUT2D eigenvalue weighted by molar-refractivity contribution is 14.0. The van der Waals surface area contributed by atoms with Gasteiger partial charge in [0.2, 0.25) is 0 Å². The van der Waals surface area contributed by atoms with E-state index in [2.05, 4.69) is 16.8 Å². The third-order valence-corrected chi connectivity index (χ3v) is 5.00. The van der Waals surface area contributed by atoms with Crippen LogP contribution in [-0.4, -0.2) is 30.5 Å². The van der Waals surface area contributed by atoms with Crippen molar-refractivity contribution in [1.29, 1.82) is 0 Å². The van der Waals surface area contributed by atoms with Gasteiger partial charge in [0.25, 0.3) is 0 Å². The van der Waals surface area contributed by atoms with Crippen LogP contribution in [0.3, 0.4) is 0 Å². The quantitative estimate of drug-likeness (QED) is 0.476. The van der Waals surface area contributed by atoms with Gasteiger partial charge in [0.1, 0.15) is 0 Å². The second kappa shape index (κ2) is 5.55. The summed E-state index contributed by atoms with van der Waals surface area (Å²) in [5.41, 5.74) is 6.72. The van der Waals surface area contributed by atoms with Gasteiger partial charge in [0.05, 0.1) is 0 Å². The zero-order valence-corrected chi connectivity index (χ0v) is 13.7. The van der Waals surface area contributed by atoms with Crippen LogP contribution in [0.5, 0.6) is 0 Å². The molecule has 1 heterocycles. The molecule has 0 amide bonds. The largest absolute Gasteiger partial charge is 0.370 e. The molecule has 1 aliphatic heterocycles. The van der Waals surface area contributed by atoms with Gasteiger partial charge in [0, 0.05) is 19.6 Å². The molecule has 0 radical (unpaired) electrons. The van der Waals surface area contributed by atoms with Crippen molar-refractivity contribution in [3.8, 4) is 0 Å². The molecule has 2 N–H and O–H groups in total. The Bertz CT molecular complexity index is 313. The first-order valence-corrected chi connectivity index (χ1v) is 7.24. The lowest BCUT2D eigenvalue weighted by molar-refractivity contribution is 0.277. The van der Waals surface area contributed by atoms with E-state index in [9.17, 15) is 0 Å². The lowest BCUT2D eigenvalue weighted by Gasteiger charge is -2.31. The average molecular weight is 363 g/mol. The standard InChI is InChI=1S/C14H25N3.HI/c1-11-4-8-17(9-5-11)13(15)16-10-14(6-7-14)12-2-3-12;/h11-12H,2-10H2,1H3,(H2,15,16);1H. The number of halogens is 1. The van der Waals surface area contributed by atoms with Gasteiger partial charge >= 0.3 is 0 Å². The molecule has 3 rings (SSSR count). The Morgan fingerprint density at radius 2 is 1.83 bits per heavy atom. The molecular formula is C14H26IN3. The Morgan fingerprint density at radius 3 is 2.33 bits per heavy atom. The number of likely N-dealkylation sites (tertiary alicyclic amines) is 1. The van der Waals surface area contributed by atoms with Gasteiger partial charge in [-0.25, -0.2) is 0 Å². The summed E-state index contributed by atoms with van der Waals surface area (Å²) in [7, 11) is 0. The van der Waals surface area contributed by atoms with E-state index in [0.29, 0.717) is 5.41 Å². The Balaban J connectivity index is 0.00000120. The fourth-order valence-electron chi connectivity index (χ4n) is 3.13. The first kappa shape index (κ1) is 14.4. The maximum Gasteiger partial charge on any atom is 0.191 e. The Labute approximate surface area is 128 Å². The molecular weight excluding hydrogens is 337 g/mol. The van der Waals surface area contributed by atoms with E-state index in [1.807, 2.05) is 0 Å². The maximum atomic E-state index is 6.13. The van der Waals surface area contributed by atoms with Crippen LogP contribution in [-0.2, 0) is 0 Å². The van der Waals surface area contributed by atoms with Crippen LogP contribution in [0, 0.1) is 17.3 Å². The van der Waals surface area contributed by atoms with Crippen LogP contribution in [0.15, 0.2) is 4.99 Å². The number of nitrogens with zero attached hydrogens (tertiary/aromatic N) is 2. The number of aliphatic imine (C=N–C) groups is 1. The molecule has 0 bridgehead atoms. The predicted molar refractivity (Wildman–Crippen MR) is 86.3 cm³/mol. The van der Waals surface area contributed by atoms with Gasteiger partial charge in [0.15, 0.2) is 5.96 Å². The van der Waals surface area contributed by atoms with E-state index in [1.165, 1.54) is 38.5 Å². The summed E-state index contributed by atoms with van der Waals surface area (Å²) in [5, 5.41) is 0. The van der Waals surface area contributed by atoms with Crippen LogP contribution in [0.4, 0.5) is 0 Å². The Morgan fingerprint density at radius 1 is 1.22 bits per heavy atom. The van der Waals surface area contributed by atoms with Gasteiger partial charge in [-0.3, -0.25) is 4.99 Å². The highest BCUT2D eigenvalue weighted by Gasteiger charge is 2.53. The van der Waals surface area contributed by atoms with E-state index in [1.54, 1.807) is 0 Å². The summed E-state index contributed by atoms with van der Waals surface area (Å²) in [5.74, 6) is 2.66. The smallest absolute Gasteiger partial charge is 0.191 e. The monoisotopic (exact) mass is 363 g/mol. The molecule has 2 saturated carbocycles. The van der Waals surface area contributed by atoms with Crippen LogP contribution >= 0.6 is 24.0 Å². The fourth-order valence-corrected chi connectivity index (χ4v) is 3.13. The van der Waals surface area contributed by atoms with Crippen molar-refractivity contribution in [1.82, 2.24) is 4.90 Å². The minimum Gasteiger partial charge on any atom is -0.370 e. The van der Waals surface area contributed by atoms with Gasteiger partial charge in [-0.05, 0) is 55.8 Å². The Kier molecular flexibility index (Phi) is 4.44. The third-order valence-electron chi connectivity index (χ3n) is 5.00. The number of guanidine groups is 1. The van der Waals surface area contributed by atoms with E-state index >= 15 is 0 Å². The van der Waals surface area contributed by atoms with Crippen molar-refractivity contribution in [2.24, 2.45) is 28.0 Å². The average Bonchev–Trinajstić information content (AvgIpc) is 3.17. The molecule has 18 heavy (non-hydrogen) atoms. The maximum absolute atomic E-state index is 6.13. The summed E-state index contributed by atoms with van der Waals surface area (Å²) in [6.45, 7) is 5.53. The lowest BCUT2D eigenvalue weighted by Crippen LogP contribution is -2.42. The van der Waals surface area contributed by atoms with Crippen molar-refractivity contribution < 1.29 is 0 Å². The second-order valence-corrected chi connectivity index (χ2v) is 6.48. The Hall–Kier alpha value is 0. The molecule has 0 aromatic carbocycles. The van der Waals surface area contributed by atoms with E-state index in [4.69, 9.17) is 5.73 Å². The SMILES string of the molecule is CC1CCN(C(N)=NCC2(C3CC3)CC2)CC1.I. The zero-order valence-electron chi connectivity index (χ0n) is 11.4. The first-order valence-electron chi connectivity index (χ1n) is 7.24. The molecule has 0 atom stereocenters. The minimum atomic E-state index is 0. The van der Waals surface area contributed by atoms with Crippen molar-refractivity contribution in [2.45, 2.75) is 45.4 Å². The first-order chi connectivity index (χ1) is 8.20. The molecule has 0 aromatic heterocycles. The molecule has 104 valence electrons. The molecule has 3 nitrogen and oxygen atoms in total. The van der Waals surface area contributed by atoms with Crippen molar-refractivity contribution >= 4 is 29.9 Å². The number of nitrogens with two attached hydrogens (primary N) is 1. The summed E-state index contributed by atoms with van der Waals surface area (Å²) in [4.78, 5) is 6.97. The lowest BCUT2D eigenvalue weighted by atomic mass is 9.99. The normalized spacial score (nSPS) is 27.8. The number of hydrogen-bond acceptors (Lipinski definition) is 1. The molecule has 1 saturated heterocycles. The number of piperidine rings is 1. The third kappa shape index (κ3) is 3.11. The van der Waals surface area contributed by atoms with E-state index in [-0.39, 0.29) is 24.0 Å². The van der Waals surface area contributed by atoms with Crippen molar-refractivity contribution in [3.63, 3.8) is 0 Å². The van der Waals surface area contributed by atoms with E-state index < -0.39 is 0 Å². The van der Waals surface area contributed by atoms with Crippen LogP contribution in [0.2, 0.25) is 0 Å². The van der Waals surface area contributed by atoms with Gasteiger partial charge in [-0.15, -0.1) is 24.0 Å². The zero-order chi connectivity index (χ0) is 11.9. The van der Waals surface area contributed by atoms with Gasteiger partial charge in [-0.1, -0.05) is 6.92 Å². The highest BCUT2D eigenvalue weighted by Crippen LogP contribution is 2.61. The van der Waals surface area contributed by atoms with Crippen LogP contribution < -0.4 is 5.73 Å². The molecule has 0 spiro atoms. The van der Waals surface area contributed by atoms with Gasteiger partial charge < -0.3 is 10.6 Å². The minimum absolute atomic E-state index is 0. The summed E-state index contributed by atoms with van der Waals surface area (Å²) in [6.07, 6.45) is 8.21. The van der Waals surface area contributed by atoms with Crippen molar-refractivity contribution in [2.75, 3.05) is 19.6 Å². The molecule has 0 aromatic rings. The fraction of sp³-hybridized carbons (Fsp3) is 0.929. The van der Waals surface area contributed by atoms with Gasteiger partial charge in [-0.2, -0.15) is 0 Å². The molecule has 0 unspecified atom stereocenters. The summed E-state index contributed by atoms with van der Waals surface area (Å²) >= 11 is 0. The molecule has 2 aliphatic carbocycles.